The van der Waals surface area contributed by atoms with Gasteiger partial charge in [-0.25, -0.2) is 4.68 Å². The normalized spacial score (nSPS) is 10.7. The Hall–Kier alpha value is -1.14. The Morgan fingerprint density at radius 1 is 1.33 bits per heavy atom. The molecule has 0 atom stereocenters. The quantitative estimate of drug-likeness (QED) is 0.880. The molecule has 94 valence electrons. The van der Waals surface area contributed by atoms with Crippen molar-refractivity contribution in [2.45, 2.75) is 13.8 Å². The van der Waals surface area contributed by atoms with Crippen LogP contribution in [-0.2, 0) is 0 Å². The molecular weight excluding hydrogens is 362 g/mol. The van der Waals surface area contributed by atoms with E-state index in [9.17, 15) is 4.79 Å². The first-order valence-electron chi connectivity index (χ1n) is 5.23. The molecule has 2 N–H and O–H groups in total. The number of benzene rings is 1. The molecule has 0 aliphatic carbocycles. The topological polar surface area (TPSA) is 60.9 Å². The fraction of sp³-hybridized carbons (Fsp3) is 0.167. The van der Waals surface area contributed by atoms with Gasteiger partial charge in [0.25, 0.3) is 5.91 Å². The van der Waals surface area contributed by atoms with Crippen LogP contribution >= 0.6 is 31.9 Å². The summed E-state index contributed by atoms with van der Waals surface area (Å²) >= 11 is 6.79. The zero-order chi connectivity index (χ0) is 13.4. The number of halogens is 2. The molecule has 0 spiro atoms. The molecule has 0 saturated heterocycles. The second-order valence-corrected chi connectivity index (χ2v) is 5.63. The highest BCUT2D eigenvalue weighted by atomic mass is 79.9. The van der Waals surface area contributed by atoms with Gasteiger partial charge in [0.2, 0.25) is 0 Å². The third kappa shape index (κ3) is 2.22. The summed E-state index contributed by atoms with van der Waals surface area (Å²) in [5.41, 5.74) is 8.31. The number of hydrogen-bond acceptors (Lipinski definition) is 2. The van der Waals surface area contributed by atoms with Gasteiger partial charge in [-0.3, -0.25) is 4.79 Å². The van der Waals surface area contributed by atoms with Crippen molar-refractivity contribution in [3.8, 4) is 5.69 Å². The van der Waals surface area contributed by atoms with E-state index in [1.165, 1.54) is 0 Å². The predicted molar refractivity (Wildman–Crippen MR) is 77.0 cm³/mol. The molecule has 4 nitrogen and oxygen atoms in total. The maximum Gasteiger partial charge on any atom is 0.250 e. The Labute approximate surface area is 121 Å². The highest BCUT2D eigenvalue weighted by molar-refractivity contribution is 9.10. The summed E-state index contributed by atoms with van der Waals surface area (Å²) in [6.45, 7) is 3.83. The number of primary amides is 1. The zero-order valence-corrected chi connectivity index (χ0v) is 13.0. The summed E-state index contributed by atoms with van der Waals surface area (Å²) < 4.78 is 3.45. The molecule has 0 radical (unpaired) electrons. The molecule has 0 bridgehead atoms. The van der Waals surface area contributed by atoms with Crippen LogP contribution in [0.3, 0.4) is 0 Å². The molecule has 0 aliphatic rings. The number of nitrogens with zero attached hydrogens (tertiary/aromatic N) is 2. The van der Waals surface area contributed by atoms with Crippen LogP contribution in [0, 0.1) is 13.8 Å². The largest absolute Gasteiger partial charge is 0.366 e. The van der Waals surface area contributed by atoms with E-state index >= 15 is 0 Å². The van der Waals surface area contributed by atoms with Crippen LogP contribution in [0.1, 0.15) is 21.7 Å². The van der Waals surface area contributed by atoms with E-state index in [0.29, 0.717) is 11.3 Å². The van der Waals surface area contributed by atoms with E-state index in [4.69, 9.17) is 5.73 Å². The minimum atomic E-state index is -0.477. The van der Waals surface area contributed by atoms with E-state index < -0.39 is 5.91 Å². The van der Waals surface area contributed by atoms with Crippen molar-refractivity contribution >= 4 is 37.8 Å². The van der Waals surface area contributed by atoms with Gasteiger partial charge in [-0.05, 0) is 48.0 Å². The fourth-order valence-electron chi connectivity index (χ4n) is 1.75. The molecule has 1 heterocycles. The molecule has 0 unspecified atom stereocenters. The van der Waals surface area contributed by atoms with Gasteiger partial charge in [0.15, 0.2) is 0 Å². The van der Waals surface area contributed by atoms with Gasteiger partial charge < -0.3 is 5.73 Å². The van der Waals surface area contributed by atoms with Crippen molar-refractivity contribution in [3.63, 3.8) is 0 Å². The highest BCUT2D eigenvalue weighted by Gasteiger charge is 2.16. The molecule has 0 fully saturated rings. The van der Waals surface area contributed by atoms with Gasteiger partial charge >= 0.3 is 0 Å². The second kappa shape index (κ2) is 4.85. The van der Waals surface area contributed by atoms with Crippen LogP contribution in [0.2, 0.25) is 0 Å². The molecule has 1 amide bonds. The summed E-state index contributed by atoms with van der Waals surface area (Å²) in [4.78, 5) is 11.5. The monoisotopic (exact) mass is 371 g/mol. The molecule has 0 aliphatic heterocycles. The van der Waals surface area contributed by atoms with Crippen molar-refractivity contribution in [2.75, 3.05) is 0 Å². The Kier molecular flexibility index (Phi) is 3.59. The van der Waals surface area contributed by atoms with Crippen molar-refractivity contribution in [2.24, 2.45) is 5.73 Å². The van der Waals surface area contributed by atoms with E-state index in [0.717, 1.165) is 20.3 Å². The van der Waals surface area contributed by atoms with Crippen molar-refractivity contribution in [1.29, 1.82) is 0 Å². The minimum Gasteiger partial charge on any atom is -0.366 e. The maximum atomic E-state index is 11.5. The first-order valence-corrected chi connectivity index (χ1v) is 6.82. The third-order valence-electron chi connectivity index (χ3n) is 2.66. The molecular formula is C12H11Br2N3O. The number of rotatable bonds is 2. The van der Waals surface area contributed by atoms with E-state index in [1.807, 2.05) is 26.0 Å². The third-order valence-corrected chi connectivity index (χ3v) is 4.30. The standard InChI is InChI=1S/C12H11Br2N3O/c1-6-11(14)7(2)17(16-6)10-4-3-8(13)5-9(10)12(15)18/h3-5H,1-2H3,(H2,15,18). The highest BCUT2D eigenvalue weighted by Crippen LogP contribution is 2.26. The lowest BCUT2D eigenvalue weighted by molar-refractivity contribution is 0.1000. The summed E-state index contributed by atoms with van der Waals surface area (Å²) in [5.74, 6) is -0.477. The summed E-state index contributed by atoms with van der Waals surface area (Å²) in [6, 6.07) is 5.37. The van der Waals surface area contributed by atoms with Gasteiger partial charge in [-0.2, -0.15) is 5.10 Å². The minimum absolute atomic E-state index is 0.433. The molecule has 2 rings (SSSR count). The molecule has 6 heteroatoms. The lowest BCUT2D eigenvalue weighted by Crippen LogP contribution is -2.15. The second-order valence-electron chi connectivity index (χ2n) is 3.92. The van der Waals surface area contributed by atoms with Gasteiger partial charge in [-0.1, -0.05) is 15.9 Å². The average molecular weight is 373 g/mol. The van der Waals surface area contributed by atoms with Crippen LogP contribution in [0.25, 0.3) is 5.69 Å². The van der Waals surface area contributed by atoms with Crippen LogP contribution < -0.4 is 5.73 Å². The lowest BCUT2D eigenvalue weighted by atomic mass is 10.1. The number of nitrogens with two attached hydrogens (primary N) is 1. The van der Waals surface area contributed by atoms with Crippen molar-refractivity contribution in [1.82, 2.24) is 9.78 Å². The molecule has 2 aromatic rings. The van der Waals surface area contributed by atoms with Crippen molar-refractivity contribution in [3.05, 3.63) is 44.1 Å². The van der Waals surface area contributed by atoms with Gasteiger partial charge in [-0.15, -0.1) is 0 Å². The van der Waals surface area contributed by atoms with Crippen LogP contribution in [0.4, 0.5) is 0 Å². The number of amides is 1. The van der Waals surface area contributed by atoms with Gasteiger partial charge in [0, 0.05) is 4.47 Å². The Morgan fingerprint density at radius 2 is 2.00 bits per heavy atom. The maximum absolute atomic E-state index is 11.5. The summed E-state index contributed by atoms with van der Waals surface area (Å²) in [5, 5.41) is 4.40. The molecule has 1 aromatic carbocycles. The first kappa shape index (κ1) is 13.3. The number of carbonyl (C=O) groups excluding carboxylic acids is 1. The number of aryl methyl sites for hydroxylation is 1. The van der Waals surface area contributed by atoms with Crippen LogP contribution in [0.15, 0.2) is 27.1 Å². The van der Waals surface area contributed by atoms with E-state index in [2.05, 4.69) is 37.0 Å². The van der Waals surface area contributed by atoms with E-state index in [-0.39, 0.29) is 0 Å². The molecule has 1 aromatic heterocycles. The van der Waals surface area contributed by atoms with Gasteiger partial charge in [0.1, 0.15) is 0 Å². The summed E-state index contributed by atoms with van der Waals surface area (Å²) in [6.07, 6.45) is 0. The Bertz CT molecular complexity index is 634. The zero-order valence-electron chi connectivity index (χ0n) is 9.87. The lowest BCUT2D eigenvalue weighted by Gasteiger charge is -2.09. The van der Waals surface area contributed by atoms with Gasteiger partial charge in [0.05, 0.1) is 27.1 Å². The molecule has 18 heavy (non-hydrogen) atoms. The van der Waals surface area contributed by atoms with Crippen LogP contribution in [-0.4, -0.2) is 15.7 Å². The Morgan fingerprint density at radius 3 is 2.50 bits per heavy atom. The van der Waals surface area contributed by atoms with E-state index in [1.54, 1.807) is 10.7 Å². The predicted octanol–water partition coefficient (Wildman–Crippen LogP) is 3.11. The summed E-state index contributed by atoms with van der Waals surface area (Å²) in [7, 11) is 0. The number of hydrogen-bond donors (Lipinski definition) is 1. The van der Waals surface area contributed by atoms with Crippen molar-refractivity contribution < 1.29 is 4.79 Å². The van der Waals surface area contributed by atoms with Crippen LogP contribution in [0.5, 0.6) is 0 Å². The molecule has 0 saturated carbocycles. The number of aromatic nitrogens is 2. The Balaban J connectivity index is 2.71. The smallest absolute Gasteiger partial charge is 0.250 e. The SMILES string of the molecule is Cc1nn(-c2ccc(Br)cc2C(N)=O)c(C)c1Br. The fourth-order valence-corrected chi connectivity index (χ4v) is 2.36. The first-order chi connectivity index (χ1) is 8.41. The number of carbonyl (C=O) groups is 1. The average Bonchev–Trinajstić information content (AvgIpc) is 2.57.